The minimum Gasteiger partial charge on any atom is -0.279 e. The molecule has 1 nitrogen and oxygen atoms in total. The van der Waals surface area contributed by atoms with Crippen LogP contribution in [-0.2, 0) is 6.54 Å². The number of hydrogen-bond donors (Lipinski definition) is 0. The molecule has 0 amide bonds. The van der Waals surface area contributed by atoms with Gasteiger partial charge in [0, 0.05) is 20.6 Å². The summed E-state index contributed by atoms with van der Waals surface area (Å²) >= 11 is 3.61. The monoisotopic (exact) mass is 373 g/mol. The Labute approximate surface area is 126 Å². The summed E-state index contributed by atoms with van der Waals surface area (Å²) in [4.78, 5) is 7.41. The number of fused-ring (bicyclic) bond motifs is 2. The maximum absolute atomic E-state index is 4.67. The fraction of sp³-hybridized carbons (Fsp3) is 0.154. The van der Waals surface area contributed by atoms with Crippen LogP contribution in [0.25, 0.3) is 4.91 Å². The average molecular weight is 373 g/mol. The highest BCUT2D eigenvalue weighted by molar-refractivity contribution is 14.0. The highest BCUT2D eigenvalue weighted by atomic mass is 127. The second-order valence-corrected chi connectivity index (χ2v) is 5.44. The van der Waals surface area contributed by atoms with E-state index in [4.69, 9.17) is 0 Å². The molecule has 0 spiro atoms. The Kier molecular flexibility index (Phi) is 4.27. The Morgan fingerprint density at radius 1 is 1.24 bits per heavy atom. The molecular formula is C13H12INS2. The van der Waals surface area contributed by atoms with Gasteiger partial charge in [-0.25, -0.2) is 0 Å². The summed E-state index contributed by atoms with van der Waals surface area (Å²) < 4.78 is 0. The normalized spacial score (nSPS) is 12.9. The Morgan fingerprint density at radius 2 is 2.06 bits per heavy atom. The number of halogens is 1. The SMILES string of the molecule is CSC1=c2ccccc2=NCc2sccc21.I. The predicted octanol–water partition coefficient (Wildman–Crippen LogP) is 3.02. The van der Waals surface area contributed by atoms with Crippen molar-refractivity contribution in [2.75, 3.05) is 6.26 Å². The van der Waals surface area contributed by atoms with Crippen LogP contribution >= 0.6 is 47.1 Å². The molecule has 0 unspecified atom stereocenters. The average Bonchev–Trinajstić information content (AvgIpc) is 2.72. The lowest BCUT2D eigenvalue weighted by Crippen LogP contribution is -2.25. The van der Waals surface area contributed by atoms with Crippen LogP contribution in [0.2, 0.25) is 0 Å². The number of hydrogen-bond acceptors (Lipinski definition) is 3. The minimum absolute atomic E-state index is 0. The lowest BCUT2D eigenvalue weighted by Gasteiger charge is -2.02. The third kappa shape index (κ3) is 2.30. The first-order valence-electron chi connectivity index (χ1n) is 5.14. The van der Waals surface area contributed by atoms with Crippen molar-refractivity contribution in [3.8, 4) is 0 Å². The summed E-state index contributed by atoms with van der Waals surface area (Å²) in [5.74, 6) is 0. The van der Waals surface area contributed by atoms with Crippen molar-refractivity contribution in [1.82, 2.24) is 0 Å². The van der Waals surface area contributed by atoms with Gasteiger partial charge in [0.05, 0.1) is 11.9 Å². The molecule has 0 saturated carbocycles. The molecule has 17 heavy (non-hydrogen) atoms. The number of thiophene rings is 1. The van der Waals surface area contributed by atoms with E-state index in [1.54, 1.807) is 11.3 Å². The van der Waals surface area contributed by atoms with E-state index in [1.807, 2.05) is 11.8 Å². The van der Waals surface area contributed by atoms with Crippen molar-refractivity contribution in [3.63, 3.8) is 0 Å². The molecule has 0 fully saturated rings. The second-order valence-electron chi connectivity index (χ2n) is 3.62. The van der Waals surface area contributed by atoms with Crippen LogP contribution in [0.1, 0.15) is 10.4 Å². The Morgan fingerprint density at radius 3 is 2.88 bits per heavy atom. The summed E-state index contributed by atoms with van der Waals surface area (Å²) in [7, 11) is 0. The van der Waals surface area contributed by atoms with Gasteiger partial charge >= 0.3 is 0 Å². The van der Waals surface area contributed by atoms with Crippen molar-refractivity contribution in [2.24, 2.45) is 4.99 Å². The molecule has 88 valence electrons. The molecular weight excluding hydrogens is 361 g/mol. The number of nitrogens with zero attached hydrogens (tertiary/aromatic N) is 1. The largest absolute Gasteiger partial charge is 0.279 e. The van der Waals surface area contributed by atoms with Gasteiger partial charge in [-0.2, -0.15) is 0 Å². The minimum atomic E-state index is 0. The molecule has 2 heterocycles. The Hall–Kier alpha value is -0.330. The molecule has 0 bridgehead atoms. The molecule has 3 rings (SSSR count). The van der Waals surface area contributed by atoms with Crippen LogP contribution in [-0.4, -0.2) is 6.26 Å². The van der Waals surface area contributed by atoms with Crippen LogP contribution in [0, 0.1) is 0 Å². The molecule has 1 aliphatic rings. The van der Waals surface area contributed by atoms with Gasteiger partial charge < -0.3 is 0 Å². The topological polar surface area (TPSA) is 12.4 Å². The van der Waals surface area contributed by atoms with Gasteiger partial charge in [0.15, 0.2) is 0 Å². The van der Waals surface area contributed by atoms with E-state index in [9.17, 15) is 0 Å². The summed E-state index contributed by atoms with van der Waals surface area (Å²) in [6.45, 7) is 0.814. The van der Waals surface area contributed by atoms with E-state index < -0.39 is 0 Å². The smallest absolute Gasteiger partial charge is 0.0746 e. The van der Waals surface area contributed by atoms with Crippen LogP contribution in [0.3, 0.4) is 0 Å². The highest BCUT2D eigenvalue weighted by Gasteiger charge is 2.12. The highest BCUT2D eigenvalue weighted by Crippen LogP contribution is 2.30. The molecule has 0 saturated heterocycles. The van der Waals surface area contributed by atoms with Gasteiger partial charge in [-0.15, -0.1) is 47.1 Å². The zero-order valence-corrected chi connectivity index (χ0v) is 13.3. The third-order valence-electron chi connectivity index (χ3n) is 2.74. The third-order valence-corrected chi connectivity index (χ3v) is 4.49. The summed E-state index contributed by atoms with van der Waals surface area (Å²) in [6, 6.07) is 10.6. The van der Waals surface area contributed by atoms with Gasteiger partial charge in [-0.1, -0.05) is 18.2 Å². The van der Waals surface area contributed by atoms with Crippen LogP contribution in [0.4, 0.5) is 0 Å². The van der Waals surface area contributed by atoms with Crippen LogP contribution < -0.4 is 10.6 Å². The van der Waals surface area contributed by atoms with Crippen molar-refractivity contribution in [2.45, 2.75) is 6.54 Å². The number of benzene rings is 1. The maximum atomic E-state index is 4.67. The maximum Gasteiger partial charge on any atom is 0.0746 e. The molecule has 0 N–H and O–H groups in total. The summed E-state index contributed by atoms with van der Waals surface area (Å²) in [5, 5.41) is 4.55. The first-order valence-corrected chi connectivity index (χ1v) is 7.25. The Bertz CT molecular complexity index is 645. The summed E-state index contributed by atoms with van der Waals surface area (Å²) in [5.41, 5.74) is 1.37. The van der Waals surface area contributed by atoms with Gasteiger partial charge in [0.1, 0.15) is 0 Å². The van der Waals surface area contributed by atoms with Gasteiger partial charge in [-0.3, -0.25) is 4.99 Å². The quantitative estimate of drug-likeness (QED) is 0.700. The standard InChI is InChI=1S/C13H11NS2.HI/c1-15-13-9-4-2-3-5-11(9)14-8-12-10(13)6-7-16-12;/h2-7H,8H2,1H3;1H. The molecule has 4 heteroatoms. The molecule has 0 radical (unpaired) electrons. The van der Waals surface area contributed by atoms with Gasteiger partial charge in [-0.05, 0) is 23.8 Å². The number of thioether (sulfide) groups is 1. The first-order chi connectivity index (χ1) is 7.90. The van der Waals surface area contributed by atoms with E-state index >= 15 is 0 Å². The van der Waals surface area contributed by atoms with Crippen LogP contribution in [0.15, 0.2) is 40.7 Å². The van der Waals surface area contributed by atoms with E-state index in [-0.39, 0.29) is 24.0 Å². The van der Waals surface area contributed by atoms with E-state index in [0.717, 1.165) is 11.9 Å². The molecule has 1 aliphatic heterocycles. The molecule has 1 aromatic carbocycles. The lowest BCUT2D eigenvalue weighted by molar-refractivity contribution is 1.03. The van der Waals surface area contributed by atoms with Crippen molar-refractivity contribution in [3.05, 3.63) is 56.7 Å². The van der Waals surface area contributed by atoms with Crippen molar-refractivity contribution < 1.29 is 0 Å². The Balaban J connectivity index is 0.00000108. The van der Waals surface area contributed by atoms with Gasteiger partial charge in [0.2, 0.25) is 0 Å². The second kappa shape index (κ2) is 5.54. The van der Waals surface area contributed by atoms with E-state index in [2.05, 4.69) is 47.0 Å². The zero-order chi connectivity index (χ0) is 11.0. The zero-order valence-electron chi connectivity index (χ0n) is 9.34. The summed E-state index contributed by atoms with van der Waals surface area (Å²) in [6.07, 6.45) is 2.14. The van der Waals surface area contributed by atoms with Crippen molar-refractivity contribution in [1.29, 1.82) is 0 Å². The fourth-order valence-corrected chi connectivity index (χ4v) is 3.66. The van der Waals surface area contributed by atoms with Gasteiger partial charge in [0.25, 0.3) is 0 Å². The van der Waals surface area contributed by atoms with Crippen molar-refractivity contribution >= 4 is 52.0 Å². The first kappa shape index (κ1) is 13.1. The van der Waals surface area contributed by atoms with E-state index in [1.165, 1.54) is 20.6 Å². The molecule has 1 aromatic heterocycles. The van der Waals surface area contributed by atoms with E-state index in [0.29, 0.717) is 0 Å². The molecule has 2 aromatic rings. The molecule has 0 atom stereocenters. The molecule has 0 aliphatic carbocycles. The predicted molar refractivity (Wildman–Crippen MR) is 86.7 cm³/mol. The number of rotatable bonds is 1. The lowest BCUT2D eigenvalue weighted by atomic mass is 10.2. The fourth-order valence-electron chi connectivity index (χ4n) is 1.99. The number of para-hydroxylation sites is 1. The van der Waals surface area contributed by atoms with Crippen LogP contribution in [0.5, 0.6) is 0 Å².